The summed E-state index contributed by atoms with van der Waals surface area (Å²) in [7, 11) is 3.68. The van der Waals surface area contributed by atoms with Crippen LogP contribution >= 0.6 is 0 Å². The monoisotopic (exact) mass is 235 g/mol. The number of rotatable bonds is 4. The number of benzene rings is 1. The van der Waals surface area contributed by atoms with Crippen LogP contribution in [0.25, 0.3) is 0 Å². The van der Waals surface area contributed by atoms with Gasteiger partial charge in [0.1, 0.15) is 5.75 Å². The van der Waals surface area contributed by atoms with E-state index >= 15 is 0 Å². The Bertz CT molecular complexity index is 392. The number of hydrogen-bond donors (Lipinski definition) is 2. The zero-order valence-electron chi connectivity index (χ0n) is 10.6. The molecule has 2 N–H and O–H groups in total. The third kappa shape index (κ3) is 2.45. The molecule has 1 aromatic carbocycles. The van der Waals surface area contributed by atoms with E-state index in [-0.39, 0.29) is 12.1 Å². The van der Waals surface area contributed by atoms with Crippen molar-refractivity contribution in [2.45, 2.75) is 31.2 Å². The van der Waals surface area contributed by atoms with Crippen LogP contribution < -0.4 is 10.1 Å². The topological polar surface area (TPSA) is 41.5 Å². The highest BCUT2D eigenvalue weighted by Gasteiger charge is 2.32. The summed E-state index contributed by atoms with van der Waals surface area (Å²) in [5.74, 6) is 0.916. The van der Waals surface area contributed by atoms with Crippen LogP contribution in [0, 0.1) is 0 Å². The Hall–Kier alpha value is -1.06. The summed E-state index contributed by atoms with van der Waals surface area (Å²) < 4.78 is 5.27. The van der Waals surface area contributed by atoms with Gasteiger partial charge in [0, 0.05) is 12.1 Å². The van der Waals surface area contributed by atoms with Crippen LogP contribution in [-0.2, 0) is 12.8 Å². The van der Waals surface area contributed by atoms with Gasteiger partial charge in [0.2, 0.25) is 0 Å². The molecule has 1 aliphatic carbocycles. The van der Waals surface area contributed by atoms with Gasteiger partial charge in [0.05, 0.1) is 7.11 Å². The van der Waals surface area contributed by atoms with Gasteiger partial charge in [-0.25, -0.2) is 0 Å². The molecule has 1 aromatic rings. The molecule has 2 rings (SSSR count). The molecule has 1 atom stereocenters. The minimum Gasteiger partial charge on any atom is -0.497 e. The first-order valence-electron chi connectivity index (χ1n) is 6.18. The Morgan fingerprint density at radius 3 is 2.88 bits per heavy atom. The van der Waals surface area contributed by atoms with E-state index in [1.165, 1.54) is 11.1 Å². The normalized spacial score (nSPS) is 23.2. The molecule has 3 heteroatoms. The Kier molecular flexibility index (Phi) is 3.69. The first-order valence-corrected chi connectivity index (χ1v) is 6.18. The molecule has 17 heavy (non-hydrogen) atoms. The number of fused-ring (bicyclic) bond motifs is 1. The fraction of sp³-hybridized carbons (Fsp3) is 0.571. The van der Waals surface area contributed by atoms with Crippen LogP contribution in [0.5, 0.6) is 5.75 Å². The second-order valence-electron chi connectivity index (χ2n) is 4.82. The van der Waals surface area contributed by atoms with Crippen molar-refractivity contribution in [2.75, 3.05) is 20.8 Å². The van der Waals surface area contributed by atoms with Crippen molar-refractivity contribution >= 4 is 0 Å². The molecule has 0 saturated carbocycles. The van der Waals surface area contributed by atoms with Crippen LogP contribution in [0.1, 0.15) is 24.0 Å². The second-order valence-corrected chi connectivity index (χ2v) is 4.82. The molecule has 0 aromatic heterocycles. The van der Waals surface area contributed by atoms with E-state index in [0.29, 0.717) is 0 Å². The molecule has 0 aliphatic heterocycles. The molecule has 0 radical (unpaired) electrons. The first-order chi connectivity index (χ1) is 8.23. The van der Waals surface area contributed by atoms with Gasteiger partial charge in [-0.05, 0) is 56.0 Å². The van der Waals surface area contributed by atoms with Crippen molar-refractivity contribution < 1.29 is 9.84 Å². The number of nitrogens with one attached hydrogen (secondary N) is 1. The molecule has 0 spiro atoms. The van der Waals surface area contributed by atoms with Gasteiger partial charge >= 0.3 is 0 Å². The molecule has 0 fully saturated rings. The summed E-state index contributed by atoms with van der Waals surface area (Å²) in [4.78, 5) is 0. The summed E-state index contributed by atoms with van der Waals surface area (Å²) in [5, 5.41) is 12.6. The largest absolute Gasteiger partial charge is 0.497 e. The van der Waals surface area contributed by atoms with Crippen molar-refractivity contribution in [1.29, 1.82) is 0 Å². The summed E-state index contributed by atoms with van der Waals surface area (Å²) in [6.07, 6.45) is 3.93. The molecular weight excluding hydrogens is 214 g/mol. The molecule has 0 heterocycles. The van der Waals surface area contributed by atoms with Gasteiger partial charge in [0.25, 0.3) is 0 Å². The summed E-state index contributed by atoms with van der Waals surface area (Å²) in [5.41, 5.74) is 2.81. The Morgan fingerprint density at radius 2 is 2.24 bits per heavy atom. The zero-order valence-corrected chi connectivity index (χ0v) is 10.6. The number of methoxy groups -OCH3 is 1. The zero-order chi connectivity index (χ0) is 12.3. The molecule has 1 unspecified atom stereocenters. The fourth-order valence-electron chi connectivity index (χ4n) is 2.73. The Balaban J connectivity index is 2.26. The van der Waals surface area contributed by atoms with E-state index in [2.05, 4.69) is 17.4 Å². The molecule has 0 amide bonds. The highest BCUT2D eigenvalue weighted by molar-refractivity contribution is 5.39. The van der Waals surface area contributed by atoms with Crippen LogP contribution in [0.15, 0.2) is 18.2 Å². The quantitative estimate of drug-likeness (QED) is 0.831. The molecule has 94 valence electrons. The number of aryl methyl sites for hydroxylation is 1. The van der Waals surface area contributed by atoms with E-state index in [0.717, 1.165) is 31.4 Å². The fourth-order valence-corrected chi connectivity index (χ4v) is 2.73. The van der Waals surface area contributed by atoms with Crippen molar-refractivity contribution in [3.8, 4) is 5.75 Å². The van der Waals surface area contributed by atoms with Gasteiger partial charge in [-0.1, -0.05) is 6.07 Å². The molecular formula is C14H21NO2. The Labute approximate surface area is 103 Å². The average Bonchev–Trinajstić information content (AvgIpc) is 2.38. The van der Waals surface area contributed by atoms with Crippen LogP contribution in [0.4, 0.5) is 0 Å². The van der Waals surface area contributed by atoms with Crippen LogP contribution in [0.2, 0.25) is 0 Å². The van der Waals surface area contributed by atoms with Crippen molar-refractivity contribution in [1.82, 2.24) is 5.32 Å². The maximum Gasteiger partial charge on any atom is 0.119 e. The predicted molar refractivity (Wildman–Crippen MR) is 68.5 cm³/mol. The number of likely N-dealkylation sites (N-methyl/N-ethyl adjacent to an activating group) is 1. The van der Waals surface area contributed by atoms with Crippen molar-refractivity contribution in [3.63, 3.8) is 0 Å². The third-order valence-electron chi connectivity index (χ3n) is 3.94. The average molecular weight is 235 g/mol. The van der Waals surface area contributed by atoms with Gasteiger partial charge < -0.3 is 15.2 Å². The highest BCUT2D eigenvalue weighted by atomic mass is 16.5. The molecule has 3 nitrogen and oxygen atoms in total. The first kappa shape index (κ1) is 12.4. The van der Waals surface area contributed by atoms with Gasteiger partial charge in [0.15, 0.2) is 0 Å². The van der Waals surface area contributed by atoms with Crippen molar-refractivity contribution in [2.24, 2.45) is 0 Å². The summed E-state index contributed by atoms with van der Waals surface area (Å²) in [6, 6.07) is 6.31. The number of aliphatic hydroxyl groups excluding tert-OH is 1. The minimum absolute atomic E-state index is 0.0497. The smallest absolute Gasteiger partial charge is 0.119 e. The Morgan fingerprint density at radius 1 is 1.41 bits per heavy atom. The lowest BCUT2D eigenvalue weighted by atomic mass is 9.76. The lowest BCUT2D eigenvalue weighted by molar-refractivity contribution is 0.200. The van der Waals surface area contributed by atoms with Crippen LogP contribution in [-0.4, -0.2) is 31.4 Å². The lowest BCUT2D eigenvalue weighted by Gasteiger charge is -2.38. The summed E-state index contributed by atoms with van der Waals surface area (Å²) in [6.45, 7) is 0.236. The lowest BCUT2D eigenvalue weighted by Crippen LogP contribution is -2.48. The number of hydrogen-bond acceptors (Lipinski definition) is 3. The van der Waals surface area contributed by atoms with Gasteiger partial charge in [-0.15, -0.1) is 0 Å². The van der Waals surface area contributed by atoms with Gasteiger partial charge in [-0.3, -0.25) is 0 Å². The third-order valence-corrected chi connectivity index (χ3v) is 3.94. The van der Waals surface area contributed by atoms with Gasteiger partial charge in [-0.2, -0.15) is 0 Å². The number of ether oxygens (including phenoxy) is 1. The SMILES string of the molecule is CNC1(CCO)CCc2ccc(OC)cc2C1. The standard InChI is InChI=1S/C14H21NO2/c1-15-14(7-8-16)6-5-11-3-4-13(17-2)9-12(11)10-14/h3-4,9,15-16H,5-8,10H2,1-2H3. The maximum atomic E-state index is 9.20. The van der Waals surface area contributed by atoms with E-state index in [9.17, 15) is 5.11 Å². The molecule has 1 aliphatic rings. The van der Waals surface area contributed by atoms with E-state index < -0.39 is 0 Å². The minimum atomic E-state index is 0.0497. The summed E-state index contributed by atoms with van der Waals surface area (Å²) >= 11 is 0. The second kappa shape index (κ2) is 5.07. The molecule has 0 saturated heterocycles. The van der Waals surface area contributed by atoms with E-state index in [4.69, 9.17) is 4.74 Å². The highest BCUT2D eigenvalue weighted by Crippen LogP contribution is 2.32. The number of aliphatic hydroxyl groups is 1. The predicted octanol–water partition coefficient (Wildman–Crippen LogP) is 1.52. The van der Waals surface area contributed by atoms with Crippen molar-refractivity contribution in [3.05, 3.63) is 29.3 Å². The van der Waals surface area contributed by atoms with E-state index in [1.807, 2.05) is 13.1 Å². The van der Waals surface area contributed by atoms with Crippen LogP contribution in [0.3, 0.4) is 0 Å². The molecule has 0 bridgehead atoms. The van der Waals surface area contributed by atoms with E-state index in [1.54, 1.807) is 7.11 Å². The maximum absolute atomic E-state index is 9.20.